The van der Waals surface area contributed by atoms with Crippen LogP contribution < -0.4 is 5.32 Å². The van der Waals surface area contributed by atoms with Crippen molar-refractivity contribution in [3.8, 4) is 11.5 Å². The number of rotatable bonds is 5. The van der Waals surface area contributed by atoms with Crippen molar-refractivity contribution in [2.24, 2.45) is 0 Å². The van der Waals surface area contributed by atoms with Crippen molar-refractivity contribution in [1.82, 2.24) is 20.6 Å². The molecule has 0 unspecified atom stereocenters. The summed E-state index contributed by atoms with van der Waals surface area (Å²) >= 11 is 0. The van der Waals surface area contributed by atoms with Crippen LogP contribution in [-0.4, -0.2) is 21.2 Å². The highest BCUT2D eigenvalue weighted by Gasteiger charge is 2.12. The van der Waals surface area contributed by atoms with Crippen molar-refractivity contribution in [3.63, 3.8) is 0 Å². The molecule has 0 aliphatic rings. The molecule has 0 saturated carbocycles. The van der Waals surface area contributed by atoms with Gasteiger partial charge in [-0.3, -0.25) is 4.79 Å². The van der Waals surface area contributed by atoms with Crippen LogP contribution in [0.25, 0.3) is 17.6 Å². The molecule has 0 aliphatic carbocycles. The van der Waals surface area contributed by atoms with Crippen molar-refractivity contribution in [1.29, 1.82) is 0 Å². The maximum atomic E-state index is 11.9. The minimum absolute atomic E-state index is 0.140. The van der Waals surface area contributed by atoms with E-state index in [2.05, 4.69) is 20.6 Å². The molecule has 3 rings (SSSR count). The highest BCUT2D eigenvalue weighted by Crippen LogP contribution is 2.15. The van der Waals surface area contributed by atoms with Gasteiger partial charge in [0.15, 0.2) is 5.69 Å². The highest BCUT2D eigenvalue weighted by molar-refractivity contribution is 5.91. The van der Waals surface area contributed by atoms with E-state index in [1.165, 1.54) is 6.08 Å². The standard InChI is InChI=1S/C17H16N4O3/c1-11-5-3-4-6-13(11)7-8-15(22)18-10-16-19-17(21-24-16)14-9-12(2)23-20-14/h3-9H,10H2,1-2H3,(H,18,22)/b8-7+. The first-order valence-electron chi connectivity index (χ1n) is 7.39. The number of aromatic nitrogens is 3. The molecule has 0 fully saturated rings. The van der Waals surface area contributed by atoms with Gasteiger partial charge in [0.2, 0.25) is 17.6 Å². The third-order valence-electron chi connectivity index (χ3n) is 3.34. The second-order valence-corrected chi connectivity index (χ2v) is 5.24. The lowest BCUT2D eigenvalue weighted by molar-refractivity contribution is -0.116. The Balaban J connectivity index is 1.57. The number of hydrogen-bond acceptors (Lipinski definition) is 6. The van der Waals surface area contributed by atoms with Gasteiger partial charge < -0.3 is 14.4 Å². The van der Waals surface area contributed by atoms with Gasteiger partial charge in [0, 0.05) is 12.1 Å². The minimum atomic E-state index is -0.240. The SMILES string of the molecule is Cc1cc(-c2noc(CNC(=O)/C=C/c3ccccc3C)n2)no1. The number of amides is 1. The van der Waals surface area contributed by atoms with Crippen LogP contribution in [-0.2, 0) is 11.3 Å². The number of aryl methyl sites for hydroxylation is 2. The Labute approximate surface area is 138 Å². The summed E-state index contributed by atoms with van der Waals surface area (Å²) < 4.78 is 10.0. The average molecular weight is 324 g/mol. The summed E-state index contributed by atoms with van der Waals surface area (Å²) in [5.74, 6) is 1.04. The first-order chi connectivity index (χ1) is 11.6. The normalized spacial score (nSPS) is 11.1. The predicted molar refractivity (Wildman–Crippen MR) is 86.6 cm³/mol. The van der Waals surface area contributed by atoms with Gasteiger partial charge in [0.05, 0.1) is 6.54 Å². The van der Waals surface area contributed by atoms with Crippen LogP contribution in [0.3, 0.4) is 0 Å². The summed E-state index contributed by atoms with van der Waals surface area (Å²) in [4.78, 5) is 16.0. The van der Waals surface area contributed by atoms with Crippen LogP contribution in [0.2, 0.25) is 0 Å². The number of nitrogens with one attached hydrogen (secondary N) is 1. The van der Waals surface area contributed by atoms with Gasteiger partial charge >= 0.3 is 0 Å². The van der Waals surface area contributed by atoms with Gasteiger partial charge in [0.1, 0.15) is 5.76 Å². The molecule has 0 atom stereocenters. The molecule has 3 aromatic rings. The zero-order valence-electron chi connectivity index (χ0n) is 13.3. The molecule has 2 heterocycles. The lowest BCUT2D eigenvalue weighted by atomic mass is 10.1. The Morgan fingerprint density at radius 1 is 1.21 bits per heavy atom. The number of carbonyl (C=O) groups excluding carboxylic acids is 1. The Kier molecular flexibility index (Phi) is 4.51. The zero-order valence-corrected chi connectivity index (χ0v) is 13.3. The van der Waals surface area contributed by atoms with Crippen molar-refractivity contribution in [2.75, 3.05) is 0 Å². The summed E-state index contributed by atoms with van der Waals surface area (Å²) in [5.41, 5.74) is 2.59. The maximum Gasteiger partial charge on any atom is 0.246 e. The molecular weight excluding hydrogens is 308 g/mol. The molecule has 1 N–H and O–H groups in total. The van der Waals surface area contributed by atoms with Gasteiger partial charge in [-0.2, -0.15) is 4.98 Å². The molecule has 0 aliphatic heterocycles. The quantitative estimate of drug-likeness (QED) is 0.725. The Hall–Kier alpha value is -3.22. The Bertz CT molecular complexity index is 879. The van der Waals surface area contributed by atoms with E-state index in [9.17, 15) is 4.79 Å². The maximum absolute atomic E-state index is 11.9. The summed E-state index contributed by atoms with van der Waals surface area (Å²) in [6, 6.07) is 9.52. The minimum Gasteiger partial charge on any atom is -0.361 e. The van der Waals surface area contributed by atoms with Gasteiger partial charge in [-0.1, -0.05) is 34.6 Å². The van der Waals surface area contributed by atoms with E-state index in [4.69, 9.17) is 9.05 Å². The molecule has 1 amide bonds. The Morgan fingerprint density at radius 2 is 2.04 bits per heavy atom. The first kappa shape index (κ1) is 15.7. The first-order valence-corrected chi connectivity index (χ1v) is 7.39. The van der Waals surface area contributed by atoms with Gasteiger partial charge in [-0.05, 0) is 31.1 Å². The molecule has 2 aromatic heterocycles. The molecule has 7 nitrogen and oxygen atoms in total. The summed E-state index contributed by atoms with van der Waals surface area (Å²) in [7, 11) is 0. The van der Waals surface area contributed by atoms with Gasteiger partial charge in [0.25, 0.3) is 0 Å². The highest BCUT2D eigenvalue weighted by atomic mass is 16.5. The second-order valence-electron chi connectivity index (χ2n) is 5.24. The van der Waals surface area contributed by atoms with Crippen LogP contribution in [0.5, 0.6) is 0 Å². The fourth-order valence-electron chi connectivity index (χ4n) is 2.06. The third kappa shape index (κ3) is 3.75. The molecule has 0 radical (unpaired) electrons. The number of carbonyl (C=O) groups is 1. The van der Waals surface area contributed by atoms with Crippen LogP contribution in [0, 0.1) is 13.8 Å². The molecule has 0 spiro atoms. The molecule has 24 heavy (non-hydrogen) atoms. The van der Waals surface area contributed by atoms with Crippen molar-refractivity contribution < 1.29 is 13.8 Å². The molecular formula is C17H16N4O3. The van der Waals surface area contributed by atoms with E-state index in [-0.39, 0.29) is 12.5 Å². The topological polar surface area (TPSA) is 94.1 Å². The van der Waals surface area contributed by atoms with E-state index < -0.39 is 0 Å². The number of benzene rings is 1. The number of nitrogens with zero attached hydrogens (tertiary/aromatic N) is 3. The smallest absolute Gasteiger partial charge is 0.246 e. The lowest BCUT2D eigenvalue weighted by Crippen LogP contribution is -2.20. The predicted octanol–water partition coefficient (Wildman–Crippen LogP) is 2.67. The molecule has 7 heteroatoms. The van der Waals surface area contributed by atoms with Crippen molar-refractivity contribution in [2.45, 2.75) is 20.4 Å². The van der Waals surface area contributed by atoms with Gasteiger partial charge in [-0.15, -0.1) is 0 Å². The number of hydrogen-bond donors (Lipinski definition) is 1. The van der Waals surface area contributed by atoms with E-state index in [1.54, 1.807) is 19.1 Å². The van der Waals surface area contributed by atoms with Crippen LogP contribution in [0.15, 0.2) is 45.5 Å². The Morgan fingerprint density at radius 3 is 2.79 bits per heavy atom. The van der Waals surface area contributed by atoms with E-state index in [0.717, 1.165) is 11.1 Å². The molecule has 0 saturated heterocycles. The third-order valence-corrected chi connectivity index (χ3v) is 3.34. The summed E-state index contributed by atoms with van der Waals surface area (Å²) in [5, 5.41) is 10.3. The monoisotopic (exact) mass is 324 g/mol. The van der Waals surface area contributed by atoms with Crippen molar-refractivity contribution in [3.05, 3.63) is 59.2 Å². The van der Waals surface area contributed by atoms with E-state index >= 15 is 0 Å². The average Bonchev–Trinajstić information content (AvgIpc) is 3.21. The summed E-state index contributed by atoms with van der Waals surface area (Å²) in [6.07, 6.45) is 3.24. The summed E-state index contributed by atoms with van der Waals surface area (Å²) in [6.45, 7) is 3.91. The molecule has 122 valence electrons. The zero-order chi connectivity index (χ0) is 16.9. The lowest BCUT2D eigenvalue weighted by Gasteiger charge is -1.99. The van der Waals surface area contributed by atoms with Crippen LogP contribution >= 0.6 is 0 Å². The van der Waals surface area contributed by atoms with Crippen LogP contribution in [0.1, 0.15) is 22.8 Å². The molecule has 1 aromatic carbocycles. The van der Waals surface area contributed by atoms with Crippen LogP contribution in [0.4, 0.5) is 0 Å². The van der Waals surface area contributed by atoms with Gasteiger partial charge in [-0.25, -0.2) is 0 Å². The fraction of sp³-hybridized carbons (Fsp3) is 0.176. The fourth-order valence-corrected chi connectivity index (χ4v) is 2.06. The molecule has 0 bridgehead atoms. The van der Waals surface area contributed by atoms with Crippen molar-refractivity contribution >= 4 is 12.0 Å². The largest absolute Gasteiger partial charge is 0.361 e. The van der Waals surface area contributed by atoms with E-state index in [1.807, 2.05) is 31.2 Å². The van der Waals surface area contributed by atoms with E-state index in [0.29, 0.717) is 23.2 Å². The second kappa shape index (κ2) is 6.91.